The van der Waals surface area contributed by atoms with Crippen molar-refractivity contribution in [3.8, 4) is 0 Å². The highest BCUT2D eigenvalue weighted by atomic mass is 32.1. The van der Waals surface area contributed by atoms with Crippen LogP contribution in [0.1, 0.15) is 64.5 Å². The first-order chi connectivity index (χ1) is 15.3. The third-order valence-electron chi connectivity index (χ3n) is 8.22. The number of carbonyl (C=O) groups excluding carboxylic acids is 3. The molecule has 3 aliphatic carbocycles. The second kappa shape index (κ2) is 8.05. The Morgan fingerprint density at radius 3 is 2.52 bits per heavy atom. The number of aliphatic hydroxyl groups excluding tert-OH is 1. The first-order valence-corrected chi connectivity index (χ1v) is 12.6. The zero-order valence-corrected chi connectivity index (χ0v) is 21.2. The Hall–Kier alpha value is -2.00. The fourth-order valence-corrected chi connectivity index (χ4v) is 7.36. The molecular formula is C24H36N4O4S. The van der Waals surface area contributed by atoms with Crippen molar-refractivity contribution in [2.75, 3.05) is 13.1 Å². The number of aryl methyl sites for hydroxylation is 1. The summed E-state index contributed by atoms with van der Waals surface area (Å²) in [4.78, 5) is 45.4. The zero-order valence-electron chi connectivity index (χ0n) is 20.4. The van der Waals surface area contributed by atoms with Crippen LogP contribution < -0.4 is 10.6 Å². The summed E-state index contributed by atoms with van der Waals surface area (Å²) in [5.74, 6) is -0.378. The van der Waals surface area contributed by atoms with E-state index in [9.17, 15) is 19.5 Å². The summed E-state index contributed by atoms with van der Waals surface area (Å²) in [5, 5.41) is 16.1. The number of nitrogens with zero attached hydrogens (tertiary/aromatic N) is 2. The Kier molecular flexibility index (Phi) is 5.88. The maximum Gasteiger partial charge on any atom is 0.246 e. The van der Waals surface area contributed by atoms with Crippen LogP contribution in [0, 0.1) is 23.7 Å². The molecule has 1 saturated heterocycles. The lowest BCUT2D eigenvalue weighted by atomic mass is 9.29. The number of amides is 3. The van der Waals surface area contributed by atoms with E-state index in [1.807, 2.05) is 26.3 Å². The first kappa shape index (κ1) is 24.1. The van der Waals surface area contributed by atoms with E-state index in [0.717, 1.165) is 18.5 Å². The van der Waals surface area contributed by atoms with Gasteiger partial charge < -0.3 is 20.6 Å². The highest BCUT2D eigenvalue weighted by molar-refractivity contribution is 7.10. The summed E-state index contributed by atoms with van der Waals surface area (Å²) >= 11 is 1.73. The average Bonchev–Trinajstić information content (AvgIpc) is 3.29. The predicted molar refractivity (Wildman–Crippen MR) is 126 cm³/mol. The molecule has 4 atom stereocenters. The van der Waals surface area contributed by atoms with Gasteiger partial charge in [0.25, 0.3) is 0 Å². The summed E-state index contributed by atoms with van der Waals surface area (Å²) in [7, 11) is 0. The molecule has 33 heavy (non-hydrogen) atoms. The van der Waals surface area contributed by atoms with Gasteiger partial charge in [-0.2, -0.15) is 0 Å². The van der Waals surface area contributed by atoms with E-state index in [1.54, 1.807) is 11.3 Å². The van der Waals surface area contributed by atoms with Crippen LogP contribution in [0.4, 0.5) is 0 Å². The summed E-state index contributed by atoms with van der Waals surface area (Å²) in [6.07, 6.45) is 1.56. The van der Waals surface area contributed by atoms with Gasteiger partial charge in [-0.05, 0) is 36.5 Å². The monoisotopic (exact) mass is 476 g/mol. The fourth-order valence-electron chi connectivity index (χ4n) is 6.26. The minimum atomic E-state index is -0.768. The Bertz CT molecular complexity index is 962. The second-order valence-electron chi connectivity index (χ2n) is 11.5. The second-order valence-corrected chi connectivity index (χ2v) is 12.3. The molecule has 182 valence electrons. The number of likely N-dealkylation sites (tertiary alicyclic amines) is 1. The van der Waals surface area contributed by atoms with Crippen LogP contribution in [0.15, 0.2) is 5.51 Å². The SMILES string of the molecule is CC(=O)N[C@H](C(=O)N1C[C@H](O)C[C@H]1C(=O)NCC12CC(c3scnc3C)(C1)[C@H]2C)C(C)(C)C. The van der Waals surface area contributed by atoms with E-state index in [4.69, 9.17) is 0 Å². The smallest absolute Gasteiger partial charge is 0.246 e. The molecule has 3 saturated carbocycles. The quantitative estimate of drug-likeness (QED) is 0.579. The third-order valence-corrected chi connectivity index (χ3v) is 9.37. The Morgan fingerprint density at radius 2 is 2.00 bits per heavy atom. The van der Waals surface area contributed by atoms with Crippen LogP contribution in [0.5, 0.6) is 0 Å². The first-order valence-electron chi connectivity index (χ1n) is 11.7. The molecule has 0 radical (unpaired) electrons. The van der Waals surface area contributed by atoms with Crippen molar-refractivity contribution in [3.63, 3.8) is 0 Å². The number of β-amino-alcohol motifs (C(OH)–C–C–N with tert-alkyl or cyclic N) is 1. The molecule has 4 fully saturated rings. The number of carbonyl (C=O) groups is 3. The van der Waals surface area contributed by atoms with Crippen molar-refractivity contribution in [2.45, 2.75) is 84.4 Å². The molecule has 1 aliphatic heterocycles. The van der Waals surface area contributed by atoms with Crippen LogP contribution in [0.2, 0.25) is 0 Å². The fraction of sp³-hybridized carbons (Fsp3) is 0.750. The number of thiazole rings is 1. The number of aliphatic hydroxyl groups is 1. The van der Waals surface area contributed by atoms with Crippen LogP contribution in [0.25, 0.3) is 0 Å². The molecule has 1 aromatic heterocycles. The lowest BCUT2D eigenvalue weighted by Crippen LogP contribution is -2.75. The van der Waals surface area contributed by atoms with Crippen molar-refractivity contribution in [3.05, 3.63) is 16.1 Å². The number of hydrogen-bond acceptors (Lipinski definition) is 6. The highest BCUT2D eigenvalue weighted by Crippen LogP contribution is 2.77. The van der Waals surface area contributed by atoms with E-state index >= 15 is 0 Å². The molecular weight excluding hydrogens is 440 g/mol. The lowest BCUT2D eigenvalue weighted by Gasteiger charge is -2.76. The van der Waals surface area contributed by atoms with Gasteiger partial charge in [0.1, 0.15) is 12.1 Å². The Morgan fingerprint density at radius 1 is 1.33 bits per heavy atom. The summed E-state index contributed by atoms with van der Waals surface area (Å²) in [6.45, 7) is 12.0. The van der Waals surface area contributed by atoms with Gasteiger partial charge in [-0.25, -0.2) is 4.98 Å². The van der Waals surface area contributed by atoms with E-state index in [1.165, 1.54) is 16.7 Å². The molecule has 0 aromatic carbocycles. The maximum absolute atomic E-state index is 13.3. The number of aromatic nitrogens is 1. The topological polar surface area (TPSA) is 112 Å². The summed E-state index contributed by atoms with van der Waals surface area (Å²) in [6, 6.07) is -1.50. The molecule has 3 amide bonds. The molecule has 1 aromatic rings. The molecule has 2 bridgehead atoms. The van der Waals surface area contributed by atoms with Crippen LogP contribution >= 0.6 is 11.3 Å². The Balaban J connectivity index is 1.40. The molecule has 0 spiro atoms. The van der Waals surface area contributed by atoms with Gasteiger partial charge in [0.15, 0.2) is 0 Å². The molecule has 5 rings (SSSR count). The van der Waals surface area contributed by atoms with Crippen molar-refractivity contribution in [1.82, 2.24) is 20.5 Å². The minimum absolute atomic E-state index is 0.0956. The Labute approximate surface area is 199 Å². The third kappa shape index (κ3) is 3.87. The number of rotatable bonds is 6. The number of hydrogen-bond donors (Lipinski definition) is 3. The molecule has 2 heterocycles. The van der Waals surface area contributed by atoms with Crippen LogP contribution in [-0.2, 0) is 19.8 Å². The number of nitrogens with one attached hydrogen (secondary N) is 2. The zero-order chi connectivity index (χ0) is 24.3. The van der Waals surface area contributed by atoms with Gasteiger partial charge >= 0.3 is 0 Å². The van der Waals surface area contributed by atoms with Crippen LogP contribution in [0.3, 0.4) is 0 Å². The van der Waals surface area contributed by atoms with Gasteiger partial charge in [0, 0.05) is 36.7 Å². The molecule has 4 aliphatic rings. The van der Waals surface area contributed by atoms with E-state index < -0.39 is 23.6 Å². The van der Waals surface area contributed by atoms with Crippen molar-refractivity contribution >= 4 is 29.1 Å². The van der Waals surface area contributed by atoms with Crippen molar-refractivity contribution in [1.29, 1.82) is 0 Å². The molecule has 0 unspecified atom stereocenters. The predicted octanol–water partition coefficient (Wildman–Crippen LogP) is 1.75. The molecule has 8 nitrogen and oxygen atoms in total. The van der Waals surface area contributed by atoms with Crippen molar-refractivity contribution in [2.24, 2.45) is 16.7 Å². The maximum atomic E-state index is 13.3. The van der Waals surface area contributed by atoms with E-state index in [-0.39, 0.29) is 41.5 Å². The lowest BCUT2D eigenvalue weighted by molar-refractivity contribution is -0.207. The van der Waals surface area contributed by atoms with Gasteiger partial charge in [-0.15, -0.1) is 11.3 Å². The van der Waals surface area contributed by atoms with Gasteiger partial charge in [0.05, 0.1) is 17.3 Å². The van der Waals surface area contributed by atoms with E-state index in [2.05, 4.69) is 29.5 Å². The van der Waals surface area contributed by atoms with Crippen LogP contribution in [-0.4, -0.2) is 64.0 Å². The summed E-state index contributed by atoms with van der Waals surface area (Å²) in [5.41, 5.74) is 2.81. The summed E-state index contributed by atoms with van der Waals surface area (Å²) < 4.78 is 0. The molecule has 3 N–H and O–H groups in total. The minimum Gasteiger partial charge on any atom is -0.391 e. The normalized spacial score (nSPS) is 33.7. The largest absolute Gasteiger partial charge is 0.391 e. The van der Waals surface area contributed by atoms with Gasteiger partial charge in [-0.3, -0.25) is 14.4 Å². The average molecular weight is 477 g/mol. The standard InChI is InChI=1S/C24H36N4O4S/c1-13-19(33-12-26-13)24-9-23(10-24,14(24)2)11-25-20(31)17-7-16(30)8-28(17)21(32)18(22(4,5)6)27-15(3)29/h12,14,16-18,30H,7-11H2,1-6H3,(H,25,31)(H,27,29)/t14-,16+,17-,18+,23?,24?/m0/s1. The van der Waals surface area contributed by atoms with Crippen molar-refractivity contribution < 1.29 is 19.5 Å². The van der Waals surface area contributed by atoms with Gasteiger partial charge in [0.2, 0.25) is 17.7 Å². The van der Waals surface area contributed by atoms with Gasteiger partial charge in [-0.1, -0.05) is 27.7 Å². The highest BCUT2D eigenvalue weighted by Gasteiger charge is 2.74. The van der Waals surface area contributed by atoms with E-state index in [0.29, 0.717) is 12.5 Å². The molecule has 9 heteroatoms.